The van der Waals surface area contributed by atoms with Crippen LogP contribution in [0, 0.1) is 0 Å². The van der Waals surface area contributed by atoms with Crippen molar-refractivity contribution >= 4 is 21.7 Å². The molecule has 3 nitrogen and oxygen atoms in total. The number of rotatable bonds is 2. The highest BCUT2D eigenvalue weighted by molar-refractivity contribution is 9.10. The van der Waals surface area contributed by atoms with Crippen molar-refractivity contribution in [3.8, 4) is 5.75 Å². The van der Waals surface area contributed by atoms with Crippen LogP contribution in [0.4, 0.5) is 0 Å². The number of hydrogen-bond donors (Lipinski definition) is 0. The lowest BCUT2D eigenvalue weighted by Gasteiger charge is -2.12. The van der Waals surface area contributed by atoms with E-state index in [1.54, 1.807) is 0 Å². The van der Waals surface area contributed by atoms with Gasteiger partial charge in [0.05, 0.1) is 12.2 Å². The Morgan fingerprint density at radius 3 is 3.00 bits per heavy atom. The topological polar surface area (TPSA) is 35.5 Å². The maximum Gasteiger partial charge on any atom is 0.195 e. The molecule has 0 N–H and O–H groups in total. The Morgan fingerprint density at radius 1 is 1.35 bits per heavy atom. The van der Waals surface area contributed by atoms with E-state index in [9.17, 15) is 4.79 Å². The highest BCUT2D eigenvalue weighted by Crippen LogP contribution is 2.34. The Hall–Kier alpha value is -0.870. The number of ether oxygens (including phenoxy) is 2. The first-order valence-corrected chi connectivity index (χ1v) is 6.66. The van der Waals surface area contributed by atoms with E-state index in [0.29, 0.717) is 18.8 Å². The molecule has 1 fully saturated rings. The molecule has 2 aliphatic rings. The number of halogens is 1. The second-order valence-electron chi connectivity index (χ2n) is 4.41. The summed E-state index contributed by atoms with van der Waals surface area (Å²) in [6.45, 7) is 1.35. The van der Waals surface area contributed by atoms with E-state index in [2.05, 4.69) is 15.9 Å². The minimum Gasteiger partial charge on any atom is -0.492 e. The summed E-state index contributed by atoms with van der Waals surface area (Å²) in [7, 11) is 0. The summed E-state index contributed by atoms with van der Waals surface area (Å²) in [6.07, 6.45) is 2.38. The van der Waals surface area contributed by atoms with E-state index in [-0.39, 0.29) is 11.9 Å². The van der Waals surface area contributed by atoms with Gasteiger partial charge < -0.3 is 9.47 Å². The molecule has 0 aliphatic carbocycles. The van der Waals surface area contributed by atoms with E-state index in [0.717, 1.165) is 35.0 Å². The van der Waals surface area contributed by atoms with Gasteiger partial charge in [0.1, 0.15) is 11.9 Å². The lowest BCUT2D eigenvalue weighted by molar-refractivity contribution is 0.0640. The zero-order valence-electron chi connectivity index (χ0n) is 9.37. The molecular formula is C13H13BrO3. The predicted molar refractivity (Wildman–Crippen MR) is 66.6 cm³/mol. The normalized spacial score (nSPS) is 22.3. The van der Waals surface area contributed by atoms with Gasteiger partial charge in [-0.2, -0.15) is 0 Å². The summed E-state index contributed by atoms with van der Waals surface area (Å²) in [4.78, 5) is 12.3. The zero-order chi connectivity index (χ0) is 11.8. The zero-order valence-corrected chi connectivity index (χ0v) is 11.0. The molecule has 0 amide bonds. The second-order valence-corrected chi connectivity index (χ2v) is 5.32. The van der Waals surface area contributed by atoms with Crippen molar-refractivity contribution in [2.75, 3.05) is 13.2 Å². The van der Waals surface area contributed by atoms with Crippen LogP contribution in [-0.4, -0.2) is 25.1 Å². The second kappa shape index (κ2) is 4.42. The van der Waals surface area contributed by atoms with Gasteiger partial charge in [-0.05, 0) is 30.5 Å². The van der Waals surface area contributed by atoms with Gasteiger partial charge in [0, 0.05) is 17.5 Å². The van der Waals surface area contributed by atoms with Crippen LogP contribution in [-0.2, 0) is 11.2 Å². The molecule has 0 aromatic heterocycles. The van der Waals surface area contributed by atoms with Gasteiger partial charge in [0.15, 0.2) is 5.78 Å². The lowest BCUT2D eigenvalue weighted by atomic mass is 10.0. The molecule has 4 heteroatoms. The Kier molecular flexibility index (Phi) is 2.92. The van der Waals surface area contributed by atoms with Crippen molar-refractivity contribution in [1.82, 2.24) is 0 Å². The Bertz CT molecular complexity index is 464. The first-order chi connectivity index (χ1) is 8.25. The molecule has 0 radical (unpaired) electrons. The third-order valence-corrected chi connectivity index (χ3v) is 3.69. The average molecular weight is 297 g/mol. The van der Waals surface area contributed by atoms with Crippen LogP contribution in [0.2, 0.25) is 0 Å². The number of carbonyl (C=O) groups excluding carboxylic acids is 1. The highest BCUT2D eigenvalue weighted by Gasteiger charge is 2.29. The molecular weight excluding hydrogens is 284 g/mol. The summed E-state index contributed by atoms with van der Waals surface area (Å²) in [5, 5.41) is 0. The van der Waals surface area contributed by atoms with Crippen molar-refractivity contribution in [1.29, 1.82) is 0 Å². The molecule has 17 heavy (non-hydrogen) atoms. The molecule has 1 aromatic rings. The van der Waals surface area contributed by atoms with Crippen LogP contribution < -0.4 is 4.74 Å². The quantitative estimate of drug-likeness (QED) is 0.787. The van der Waals surface area contributed by atoms with Crippen LogP contribution >= 0.6 is 15.9 Å². The molecule has 3 rings (SSSR count). The summed E-state index contributed by atoms with van der Waals surface area (Å²) < 4.78 is 11.9. The largest absolute Gasteiger partial charge is 0.492 e. The monoisotopic (exact) mass is 296 g/mol. The SMILES string of the molecule is O=C(c1cc(Br)cc2c1OCC2)C1CCCO1. The van der Waals surface area contributed by atoms with Crippen molar-refractivity contribution in [2.24, 2.45) is 0 Å². The fourth-order valence-electron chi connectivity index (χ4n) is 2.41. The van der Waals surface area contributed by atoms with E-state index >= 15 is 0 Å². The van der Waals surface area contributed by atoms with Crippen molar-refractivity contribution in [3.63, 3.8) is 0 Å². The Labute approximate surface area is 108 Å². The van der Waals surface area contributed by atoms with Gasteiger partial charge in [-0.15, -0.1) is 0 Å². The lowest BCUT2D eigenvalue weighted by Crippen LogP contribution is -2.20. The Morgan fingerprint density at radius 2 is 2.24 bits per heavy atom. The highest BCUT2D eigenvalue weighted by atomic mass is 79.9. The fourth-order valence-corrected chi connectivity index (χ4v) is 2.92. The average Bonchev–Trinajstić information content (AvgIpc) is 2.97. The third kappa shape index (κ3) is 2.00. The molecule has 0 spiro atoms. The predicted octanol–water partition coefficient (Wildman–Crippen LogP) is 2.75. The van der Waals surface area contributed by atoms with Crippen LogP contribution in [0.3, 0.4) is 0 Å². The van der Waals surface area contributed by atoms with Gasteiger partial charge in [0.2, 0.25) is 0 Å². The number of Topliss-reactive ketones (excluding diaryl/α,β-unsaturated/α-hetero) is 1. The maximum atomic E-state index is 12.3. The van der Waals surface area contributed by atoms with E-state index in [1.807, 2.05) is 12.1 Å². The molecule has 0 bridgehead atoms. The minimum atomic E-state index is -0.280. The first-order valence-electron chi connectivity index (χ1n) is 5.87. The summed E-state index contributed by atoms with van der Waals surface area (Å²) in [6, 6.07) is 3.86. The van der Waals surface area contributed by atoms with E-state index in [1.165, 1.54) is 0 Å². The molecule has 1 saturated heterocycles. The molecule has 1 aromatic carbocycles. The minimum absolute atomic E-state index is 0.0574. The molecule has 0 saturated carbocycles. The van der Waals surface area contributed by atoms with Crippen LogP contribution in [0.5, 0.6) is 5.75 Å². The smallest absolute Gasteiger partial charge is 0.195 e. The number of hydrogen-bond acceptors (Lipinski definition) is 3. The van der Waals surface area contributed by atoms with Crippen LogP contribution in [0.25, 0.3) is 0 Å². The maximum absolute atomic E-state index is 12.3. The number of fused-ring (bicyclic) bond motifs is 1. The number of carbonyl (C=O) groups is 1. The third-order valence-electron chi connectivity index (χ3n) is 3.24. The summed E-state index contributed by atoms with van der Waals surface area (Å²) in [5.41, 5.74) is 1.78. The summed E-state index contributed by atoms with van der Waals surface area (Å²) in [5.74, 6) is 0.815. The molecule has 1 atom stereocenters. The van der Waals surface area contributed by atoms with Gasteiger partial charge in [-0.25, -0.2) is 0 Å². The van der Waals surface area contributed by atoms with Gasteiger partial charge >= 0.3 is 0 Å². The molecule has 1 unspecified atom stereocenters. The van der Waals surface area contributed by atoms with Crippen molar-refractivity contribution < 1.29 is 14.3 Å². The number of ketones is 1. The standard InChI is InChI=1S/C13H13BrO3/c14-9-6-8-3-5-17-13(8)10(7-9)12(15)11-2-1-4-16-11/h6-7,11H,1-5H2. The fraction of sp³-hybridized carbons (Fsp3) is 0.462. The Balaban J connectivity index is 1.99. The van der Waals surface area contributed by atoms with E-state index in [4.69, 9.17) is 9.47 Å². The van der Waals surface area contributed by atoms with Crippen molar-refractivity contribution in [2.45, 2.75) is 25.4 Å². The first kappa shape index (κ1) is 11.2. The molecule has 2 heterocycles. The molecule has 2 aliphatic heterocycles. The number of benzene rings is 1. The van der Waals surface area contributed by atoms with Gasteiger partial charge in [-0.3, -0.25) is 4.79 Å². The summed E-state index contributed by atoms with van der Waals surface area (Å²) >= 11 is 3.44. The van der Waals surface area contributed by atoms with Crippen LogP contribution in [0.1, 0.15) is 28.8 Å². The van der Waals surface area contributed by atoms with Gasteiger partial charge in [0.25, 0.3) is 0 Å². The van der Waals surface area contributed by atoms with Crippen molar-refractivity contribution in [3.05, 3.63) is 27.7 Å². The van der Waals surface area contributed by atoms with Gasteiger partial charge in [-0.1, -0.05) is 15.9 Å². The van der Waals surface area contributed by atoms with E-state index < -0.39 is 0 Å². The molecule has 90 valence electrons. The van der Waals surface area contributed by atoms with Crippen LogP contribution in [0.15, 0.2) is 16.6 Å².